The van der Waals surface area contributed by atoms with E-state index >= 15 is 0 Å². The zero-order valence-corrected chi connectivity index (χ0v) is 13.7. The molecule has 6 nitrogen and oxygen atoms in total. The van der Waals surface area contributed by atoms with Gasteiger partial charge in [-0.15, -0.1) is 0 Å². The van der Waals surface area contributed by atoms with Crippen LogP contribution in [0.4, 0.5) is 5.69 Å². The summed E-state index contributed by atoms with van der Waals surface area (Å²) < 4.78 is 2.52. The molecule has 0 amide bonds. The third kappa shape index (κ3) is 2.81. The molecule has 0 aliphatic rings. The molecule has 2 N–H and O–H groups in total. The van der Waals surface area contributed by atoms with E-state index in [0.29, 0.717) is 28.2 Å². The second-order valence-electron chi connectivity index (χ2n) is 5.34. The minimum absolute atomic E-state index is 0.00662. The lowest BCUT2D eigenvalue weighted by molar-refractivity contribution is 0.311. The molecule has 0 unspecified atom stereocenters. The first-order valence-electron chi connectivity index (χ1n) is 7.39. The molecule has 0 atom stereocenters. The number of nitrogens with one attached hydrogen (secondary N) is 1. The van der Waals surface area contributed by atoms with E-state index in [1.807, 2.05) is 0 Å². The highest BCUT2D eigenvalue weighted by Crippen LogP contribution is 2.17. The molecule has 0 aliphatic heterocycles. The van der Waals surface area contributed by atoms with Crippen molar-refractivity contribution in [3.8, 4) is 5.69 Å². The maximum Gasteiger partial charge on any atom is 0.335 e. The topological polar surface area (TPSA) is 76.3 Å². The molecule has 1 aromatic heterocycles. The first-order chi connectivity index (χ1) is 11.5. The van der Waals surface area contributed by atoms with Crippen LogP contribution in [-0.4, -0.2) is 27.4 Å². The van der Waals surface area contributed by atoms with Gasteiger partial charge in [-0.05, 0) is 36.4 Å². The van der Waals surface area contributed by atoms with Gasteiger partial charge < -0.3 is 10.4 Å². The van der Waals surface area contributed by atoms with Gasteiger partial charge in [0.2, 0.25) is 0 Å². The quantitative estimate of drug-likeness (QED) is 0.755. The summed E-state index contributed by atoms with van der Waals surface area (Å²) in [6, 6.07) is 11.7. The second kappa shape index (κ2) is 6.51. The van der Waals surface area contributed by atoms with Crippen molar-refractivity contribution in [2.45, 2.75) is 0 Å². The van der Waals surface area contributed by atoms with Crippen LogP contribution in [0, 0.1) is 0 Å². The zero-order chi connectivity index (χ0) is 17.3. The van der Waals surface area contributed by atoms with E-state index in [4.69, 9.17) is 16.7 Å². The average molecular weight is 346 g/mol. The number of aliphatic hydroxyl groups is 1. The number of hydrogen-bond donors (Lipinski definition) is 2. The van der Waals surface area contributed by atoms with Gasteiger partial charge in [-0.25, -0.2) is 9.36 Å². The molecular weight excluding hydrogens is 330 g/mol. The van der Waals surface area contributed by atoms with Gasteiger partial charge in [0.25, 0.3) is 5.56 Å². The van der Waals surface area contributed by atoms with Crippen LogP contribution in [0.1, 0.15) is 0 Å². The highest BCUT2D eigenvalue weighted by Gasteiger charge is 2.13. The number of rotatable bonds is 4. The second-order valence-corrected chi connectivity index (χ2v) is 5.78. The van der Waals surface area contributed by atoms with E-state index in [1.165, 1.54) is 4.57 Å². The van der Waals surface area contributed by atoms with Crippen molar-refractivity contribution in [1.82, 2.24) is 9.13 Å². The van der Waals surface area contributed by atoms with Gasteiger partial charge >= 0.3 is 5.69 Å². The predicted molar refractivity (Wildman–Crippen MR) is 95.4 cm³/mol. The summed E-state index contributed by atoms with van der Waals surface area (Å²) in [4.78, 5) is 25.4. The summed E-state index contributed by atoms with van der Waals surface area (Å²) in [7, 11) is 1.61. The first kappa shape index (κ1) is 16.3. The Morgan fingerprint density at radius 1 is 1.17 bits per heavy atom. The predicted octanol–water partition coefficient (Wildman–Crippen LogP) is 1.75. The van der Waals surface area contributed by atoms with Crippen LogP contribution in [0.3, 0.4) is 0 Å². The summed E-state index contributed by atoms with van der Waals surface area (Å²) in [5.41, 5.74) is 0.827. The van der Waals surface area contributed by atoms with Crippen LogP contribution in [0.15, 0.2) is 52.1 Å². The summed E-state index contributed by atoms with van der Waals surface area (Å²) in [5, 5.41) is 12.8. The van der Waals surface area contributed by atoms with Gasteiger partial charge in [0.05, 0.1) is 23.2 Å². The van der Waals surface area contributed by atoms with Crippen molar-refractivity contribution in [3.05, 3.63) is 68.3 Å². The van der Waals surface area contributed by atoms with Gasteiger partial charge in [-0.2, -0.15) is 0 Å². The van der Waals surface area contributed by atoms with E-state index in [1.54, 1.807) is 49.5 Å². The van der Waals surface area contributed by atoms with Crippen molar-refractivity contribution >= 4 is 28.2 Å². The number of hydrogen-bond acceptors (Lipinski definition) is 4. The molecule has 0 saturated heterocycles. The summed E-state index contributed by atoms with van der Waals surface area (Å²) in [6.45, 7) is 0.381. The molecule has 3 rings (SSSR count). The largest absolute Gasteiger partial charge is 0.395 e. The molecule has 0 saturated carbocycles. The fourth-order valence-electron chi connectivity index (χ4n) is 2.60. The molecule has 7 heteroatoms. The fraction of sp³-hybridized carbons (Fsp3) is 0.176. The zero-order valence-electron chi connectivity index (χ0n) is 13.0. The third-order valence-corrected chi connectivity index (χ3v) is 4.01. The molecule has 0 radical (unpaired) electrons. The van der Waals surface area contributed by atoms with E-state index in [9.17, 15) is 9.59 Å². The van der Waals surface area contributed by atoms with Crippen LogP contribution < -0.4 is 16.6 Å². The number of aromatic nitrogens is 2. The lowest BCUT2D eigenvalue weighted by Crippen LogP contribution is -2.37. The highest BCUT2D eigenvalue weighted by molar-refractivity contribution is 6.30. The number of aryl methyl sites for hydroxylation is 1. The molecule has 1 heterocycles. The number of aliphatic hydroxyl groups excluding tert-OH is 1. The van der Waals surface area contributed by atoms with Gasteiger partial charge in [0.1, 0.15) is 0 Å². The van der Waals surface area contributed by atoms with E-state index in [2.05, 4.69) is 5.32 Å². The molecule has 2 aromatic carbocycles. The van der Waals surface area contributed by atoms with Crippen molar-refractivity contribution in [2.24, 2.45) is 7.05 Å². The Morgan fingerprint density at radius 2 is 1.96 bits per heavy atom. The Balaban J connectivity index is 2.27. The number of anilines is 1. The Bertz CT molecular complexity index is 1020. The van der Waals surface area contributed by atoms with Crippen LogP contribution in [-0.2, 0) is 7.05 Å². The van der Waals surface area contributed by atoms with Crippen molar-refractivity contribution in [2.75, 3.05) is 18.5 Å². The molecule has 0 bridgehead atoms. The Morgan fingerprint density at radius 3 is 2.67 bits per heavy atom. The Hall–Kier alpha value is -2.57. The summed E-state index contributed by atoms with van der Waals surface area (Å²) >= 11 is 5.97. The first-order valence-corrected chi connectivity index (χ1v) is 7.77. The van der Waals surface area contributed by atoms with Crippen LogP contribution in [0.25, 0.3) is 16.6 Å². The van der Waals surface area contributed by atoms with Crippen LogP contribution >= 0.6 is 11.6 Å². The number of nitrogens with zero attached hydrogens (tertiary/aromatic N) is 2. The van der Waals surface area contributed by atoms with Crippen molar-refractivity contribution < 1.29 is 5.11 Å². The summed E-state index contributed by atoms with van der Waals surface area (Å²) in [6.07, 6.45) is 0. The standard InChI is InChI=1S/C17H16ClN3O3/c1-20-15-10-12(19-7-8-22)5-6-14(15)16(23)21(17(20)24)13-4-2-3-11(18)9-13/h2-6,9-10,19,22H,7-8H2,1H3. The lowest BCUT2D eigenvalue weighted by atomic mass is 10.2. The smallest absolute Gasteiger partial charge is 0.335 e. The Labute approximate surface area is 142 Å². The van der Waals surface area contributed by atoms with Gasteiger partial charge in [0.15, 0.2) is 0 Å². The van der Waals surface area contributed by atoms with Gasteiger partial charge in [-0.1, -0.05) is 17.7 Å². The minimum atomic E-state index is -0.450. The van der Waals surface area contributed by atoms with E-state index in [0.717, 1.165) is 10.3 Å². The van der Waals surface area contributed by atoms with Crippen LogP contribution in [0.5, 0.6) is 0 Å². The van der Waals surface area contributed by atoms with Gasteiger partial charge in [-0.3, -0.25) is 9.36 Å². The highest BCUT2D eigenvalue weighted by atomic mass is 35.5. The van der Waals surface area contributed by atoms with E-state index in [-0.39, 0.29) is 6.61 Å². The maximum absolute atomic E-state index is 12.8. The van der Waals surface area contributed by atoms with Crippen LogP contribution in [0.2, 0.25) is 5.02 Å². The molecule has 0 aliphatic carbocycles. The monoisotopic (exact) mass is 345 g/mol. The Kier molecular flexibility index (Phi) is 4.42. The third-order valence-electron chi connectivity index (χ3n) is 3.78. The summed E-state index contributed by atoms with van der Waals surface area (Å²) in [5.74, 6) is 0. The molecular formula is C17H16ClN3O3. The molecule has 124 valence electrons. The normalized spacial score (nSPS) is 11.0. The minimum Gasteiger partial charge on any atom is -0.395 e. The molecule has 0 fully saturated rings. The van der Waals surface area contributed by atoms with Crippen molar-refractivity contribution in [1.29, 1.82) is 0 Å². The van der Waals surface area contributed by atoms with E-state index < -0.39 is 11.2 Å². The SMILES string of the molecule is Cn1c(=O)n(-c2cccc(Cl)c2)c(=O)c2ccc(NCCO)cc21. The van der Waals surface area contributed by atoms with Gasteiger partial charge in [0, 0.05) is 24.3 Å². The molecule has 24 heavy (non-hydrogen) atoms. The number of fused-ring (bicyclic) bond motifs is 1. The molecule has 0 spiro atoms. The number of halogens is 1. The van der Waals surface area contributed by atoms with Crippen molar-refractivity contribution in [3.63, 3.8) is 0 Å². The average Bonchev–Trinajstić information content (AvgIpc) is 2.58. The lowest BCUT2D eigenvalue weighted by Gasteiger charge is -2.12. The molecule has 3 aromatic rings. The fourth-order valence-corrected chi connectivity index (χ4v) is 2.79. The number of benzene rings is 2. The maximum atomic E-state index is 12.8.